The third kappa shape index (κ3) is 2.00. The lowest BCUT2D eigenvalue weighted by atomic mass is 10.1. The Morgan fingerprint density at radius 3 is 1.65 bits per heavy atom. The first-order valence-electron chi connectivity index (χ1n) is 5.18. The Morgan fingerprint density at radius 2 is 1.29 bits per heavy atom. The highest BCUT2D eigenvalue weighted by atomic mass is 35.5. The minimum Gasteiger partial charge on any atom is -0.313 e. The van der Waals surface area contributed by atoms with Crippen LogP contribution >= 0.6 is 12.4 Å². The van der Waals surface area contributed by atoms with Crippen molar-refractivity contribution < 1.29 is 9.59 Å². The number of fused-ring (bicyclic) bond motifs is 1. The second kappa shape index (κ2) is 4.75. The molecular formula is C12H15ClN2O2. The molecule has 0 atom stereocenters. The average molecular weight is 255 g/mol. The first-order chi connectivity index (χ1) is 7.54. The number of hydrogen-bond donors (Lipinski definition) is 0. The van der Waals surface area contributed by atoms with Crippen LogP contribution in [-0.2, 0) is 9.59 Å². The Labute approximate surface area is 107 Å². The molecule has 5 heteroatoms. The van der Waals surface area contributed by atoms with Crippen LogP contribution in [0.4, 0.5) is 11.4 Å². The zero-order valence-electron chi connectivity index (χ0n) is 10.0. The van der Waals surface area contributed by atoms with E-state index < -0.39 is 5.92 Å². The molecule has 1 aliphatic heterocycles. The second-order valence-corrected chi connectivity index (χ2v) is 4.00. The van der Waals surface area contributed by atoms with E-state index in [2.05, 4.69) is 0 Å². The fourth-order valence-corrected chi connectivity index (χ4v) is 1.96. The summed E-state index contributed by atoms with van der Waals surface area (Å²) in [7, 11) is 3.40. The average Bonchev–Trinajstić information content (AvgIpc) is 2.38. The van der Waals surface area contributed by atoms with E-state index in [9.17, 15) is 9.59 Å². The van der Waals surface area contributed by atoms with Gasteiger partial charge in [0.15, 0.2) is 0 Å². The maximum Gasteiger partial charge on any atom is 0.239 e. The van der Waals surface area contributed by atoms with Gasteiger partial charge in [-0.3, -0.25) is 9.59 Å². The fourth-order valence-electron chi connectivity index (χ4n) is 1.96. The third-order valence-corrected chi connectivity index (χ3v) is 3.01. The molecule has 0 N–H and O–H groups in total. The normalized spacial score (nSPS) is 16.4. The maximum absolute atomic E-state index is 11.9. The van der Waals surface area contributed by atoms with Crippen molar-refractivity contribution in [3.63, 3.8) is 0 Å². The van der Waals surface area contributed by atoms with Gasteiger partial charge in [0.05, 0.1) is 11.4 Å². The molecule has 0 saturated heterocycles. The number of nitrogens with zero attached hydrogens (tertiary/aromatic N) is 2. The lowest BCUT2D eigenvalue weighted by Crippen LogP contribution is -2.37. The predicted octanol–water partition coefficient (Wildman–Crippen LogP) is 1.68. The van der Waals surface area contributed by atoms with Crippen LogP contribution in [-0.4, -0.2) is 25.9 Å². The number of rotatable bonds is 0. The molecule has 0 unspecified atom stereocenters. The quantitative estimate of drug-likeness (QED) is 0.661. The Morgan fingerprint density at radius 1 is 0.941 bits per heavy atom. The number of hydrogen-bond acceptors (Lipinski definition) is 2. The van der Waals surface area contributed by atoms with Crippen molar-refractivity contribution in [1.82, 2.24) is 0 Å². The third-order valence-electron chi connectivity index (χ3n) is 3.01. The van der Waals surface area contributed by atoms with Gasteiger partial charge in [0.25, 0.3) is 0 Å². The van der Waals surface area contributed by atoms with E-state index in [1.165, 1.54) is 0 Å². The van der Waals surface area contributed by atoms with Crippen molar-refractivity contribution in [1.29, 1.82) is 0 Å². The Hall–Kier alpha value is -1.55. The first-order valence-corrected chi connectivity index (χ1v) is 5.18. The van der Waals surface area contributed by atoms with Gasteiger partial charge in [-0.05, 0) is 19.1 Å². The maximum atomic E-state index is 11.9. The van der Waals surface area contributed by atoms with E-state index in [4.69, 9.17) is 0 Å². The second-order valence-electron chi connectivity index (χ2n) is 4.00. The summed E-state index contributed by atoms with van der Waals surface area (Å²) < 4.78 is 0. The number of benzene rings is 1. The minimum atomic E-state index is -0.623. The summed E-state index contributed by atoms with van der Waals surface area (Å²) in [6.45, 7) is 1.64. The van der Waals surface area contributed by atoms with Crippen LogP contribution in [0.5, 0.6) is 0 Å². The highest BCUT2D eigenvalue weighted by molar-refractivity contribution is 6.16. The number of carbonyl (C=O) groups is 2. The van der Waals surface area contributed by atoms with Crippen LogP contribution in [0.15, 0.2) is 24.3 Å². The van der Waals surface area contributed by atoms with Crippen LogP contribution in [0, 0.1) is 5.92 Å². The zero-order valence-corrected chi connectivity index (χ0v) is 10.8. The summed E-state index contributed by atoms with van der Waals surface area (Å²) in [5.41, 5.74) is 1.54. The molecule has 0 radical (unpaired) electrons. The number of para-hydroxylation sites is 2. The number of amides is 2. The highest BCUT2D eigenvalue weighted by Gasteiger charge is 2.33. The van der Waals surface area contributed by atoms with Crippen molar-refractivity contribution in [2.24, 2.45) is 5.92 Å². The molecule has 92 valence electrons. The molecule has 1 aromatic rings. The summed E-state index contributed by atoms with van der Waals surface area (Å²) in [4.78, 5) is 27.0. The van der Waals surface area contributed by atoms with Crippen LogP contribution in [0.1, 0.15) is 6.92 Å². The summed E-state index contributed by atoms with van der Waals surface area (Å²) in [6.07, 6.45) is 0. The van der Waals surface area contributed by atoms with Crippen LogP contribution < -0.4 is 9.80 Å². The zero-order chi connectivity index (χ0) is 11.9. The summed E-state index contributed by atoms with van der Waals surface area (Å²) in [6, 6.07) is 7.40. The summed E-state index contributed by atoms with van der Waals surface area (Å²) >= 11 is 0. The molecule has 2 amide bonds. The van der Waals surface area contributed by atoms with Crippen LogP contribution in [0.2, 0.25) is 0 Å². The van der Waals surface area contributed by atoms with Gasteiger partial charge in [-0.2, -0.15) is 0 Å². The fraction of sp³-hybridized carbons (Fsp3) is 0.333. The van der Waals surface area contributed by atoms with Gasteiger partial charge in [-0.1, -0.05) is 12.1 Å². The van der Waals surface area contributed by atoms with Gasteiger partial charge < -0.3 is 9.80 Å². The van der Waals surface area contributed by atoms with Gasteiger partial charge >= 0.3 is 0 Å². The minimum absolute atomic E-state index is 0. The van der Waals surface area contributed by atoms with Crippen molar-refractivity contribution in [3.8, 4) is 0 Å². The van der Waals surface area contributed by atoms with Crippen molar-refractivity contribution in [2.45, 2.75) is 6.92 Å². The highest BCUT2D eigenvalue weighted by Crippen LogP contribution is 2.32. The van der Waals surface area contributed by atoms with Gasteiger partial charge in [-0.15, -0.1) is 12.4 Å². The monoisotopic (exact) mass is 254 g/mol. The Bertz CT molecular complexity index is 421. The van der Waals surface area contributed by atoms with Gasteiger partial charge in [0.1, 0.15) is 5.92 Å². The van der Waals surface area contributed by atoms with E-state index in [0.29, 0.717) is 0 Å². The lowest BCUT2D eigenvalue weighted by Gasteiger charge is -2.19. The summed E-state index contributed by atoms with van der Waals surface area (Å²) in [5, 5.41) is 0. The van der Waals surface area contributed by atoms with Crippen molar-refractivity contribution in [3.05, 3.63) is 24.3 Å². The molecule has 0 saturated carbocycles. The Balaban J connectivity index is 0.00000144. The van der Waals surface area contributed by atoms with E-state index in [1.807, 2.05) is 24.3 Å². The number of anilines is 2. The molecule has 0 aromatic heterocycles. The molecule has 0 fully saturated rings. The molecule has 1 aromatic carbocycles. The van der Waals surface area contributed by atoms with Gasteiger partial charge in [-0.25, -0.2) is 0 Å². The van der Waals surface area contributed by atoms with Gasteiger partial charge in [0, 0.05) is 14.1 Å². The summed E-state index contributed by atoms with van der Waals surface area (Å²) in [5.74, 6) is -0.953. The largest absolute Gasteiger partial charge is 0.313 e. The molecular weight excluding hydrogens is 240 g/mol. The number of halogens is 1. The van der Waals surface area contributed by atoms with Crippen LogP contribution in [0.25, 0.3) is 0 Å². The lowest BCUT2D eigenvalue weighted by molar-refractivity contribution is -0.130. The topological polar surface area (TPSA) is 40.6 Å². The van der Waals surface area contributed by atoms with Crippen molar-refractivity contribution in [2.75, 3.05) is 23.9 Å². The van der Waals surface area contributed by atoms with Crippen molar-refractivity contribution >= 4 is 35.6 Å². The van der Waals surface area contributed by atoms with E-state index in [-0.39, 0.29) is 24.2 Å². The van der Waals surface area contributed by atoms with E-state index in [1.54, 1.807) is 30.8 Å². The smallest absolute Gasteiger partial charge is 0.239 e. The molecule has 4 nitrogen and oxygen atoms in total. The number of carbonyl (C=O) groups excluding carboxylic acids is 2. The molecule has 1 heterocycles. The standard InChI is InChI=1S/C12H14N2O2.ClH/c1-8-11(15)13(2)9-6-4-5-7-10(9)14(3)12(8)16;/h4-8H,1-3H3;1H. The molecule has 0 bridgehead atoms. The SMILES string of the molecule is CC1C(=O)N(C)c2ccccc2N(C)C1=O.Cl. The molecule has 0 spiro atoms. The van der Waals surface area contributed by atoms with E-state index >= 15 is 0 Å². The predicted molar refractivity (Wildman–Crippen MR) is 69.7 cm³/mol. The molecule has 2 rings (SSSR count). The van der Waals surface area contributed by atoms with E-state index in [0.717, 1.165) is 11.4 Å². The molecule has 1 aliphatic rings. The first kappa shape index (κ1) is 13.5. The molecule has 0 aliphatic carbocycles. The molecule has 17 heavy (non-hydrogen) atoms. The Kier molecular flexibility index (Phi) is 3.78. The van der Waals surface area contributed by atoms with Crippen LogP contribution in [0.3, 0.4) is 0 Å². The van der Waals surface area contributed by atoms with Gasteiger partial charge in [0.2, 0.25) is 11.8 Å².